The molecule has 0 unspecified atom stereocenters. The van der Waals surface area contributed by atoms with Gasteiger partial charge >= 0.3 is 0 Å². The molecule has 3 rings (SSSR count). The summed E-state index contributed by atoms with van der Waals surface area (Å²) in [6, 6.07) is 4.60. The standard InChI is InChI=1S/C17H21FN2O3/c1-11-16(10-20-7-3-4-12(21)9-20)19-17(23-11)14-6-5-13(22-2)8-15(14)18/h5-6,8,12,21H,3-4,7,9-10H2,1-2H3/t12-/m0/s1. The third kappa shape index (κ3) is 3.54. The molecule has 1 atom stereocenters. The summed E-state index contributed by atoms with van der Waals surface area (Å²) in [6.45, 7) is 3.99. The zero-order valence-corrected chi connectivity index (χ0v) is 13.4. The molecule has 0 amide bonds. The molecule has 6 heteroatoms. The number of rotatable bonds is 4. The Kier molecular flexibility index (Phi) is 4.63. The van der Waals surface area contributed by atoms with E-state index in [0.717, 1.165) is 25.1 Å². The van der Waals surface area contributed by atoms with E-state index in [-0.39, 0.29) is 12.0 Å². The maximum atomic E-state index is 14.2. The van der Waals surface area contributed by atoms with Gasteiger partial charge in [0.05, 0.1) is 24.5 Å². The Morgan fingerprint density at radius 3 is 3.00 bits per heavy atom. The summed E-state index contributed by atoms with van der Waals surface area (Å²) >= 11 is 0. The predicted molar refractivity (Wildman–Crippen MR) is 83.7 cm³/mol. The van der Waals surface area contributed by atoms with E-state index in [9.17, 15) is 9.50 Å². The number of methoxy groups -OCH3 is 1. The van der Waals surface area contributed by atoms with Gasteiger partial charge in [0.1, 0.15) is 17.3 Å². The van der Waals surface area contributed by atoms with Crippen LogP contribution < -0.4 is 4.74 Å². The van der Waals surface area contributed by atoms with Gasteiger partial charge in [0.15, 0.2) is 0 Å². The minimum atomic E-state index is -0.425. The zero-order valence-electron chi connectivity index (χ0n) is 13.4. The Labute approximate surface area is 134 Å². The summed E-state index contributed by atoms with van der Waals surface area (Å²) in [5, 5.41) is 9.75. The van der Waals surface area contributed by atoms with Crippen molar-refractivity contribution in [3.63, 3.8) is 0 Å². The second-order valence-electron chi connectivity index (χ2n) is 5.90. The highest BCUT2D eigenvalue weighted by molar-refractivity contribution is 5.56. The fourth-order valence-electron chi connectivity index (χ4n) is 2.87. The van der Waals surface area contributed by atoms with Crippen molar-refractivity contribution in [2.75, 3.05) is 20.2 Å². The van der Waals surface area contributed by atoms with Gasteiger partial charge in [0.25, 0.3) is 0 Å². The molecular weight excluding hydrogens is 299 g/mol. The van der Waals surface area contributed by atoms with Crippen LogP contribution in [0.1, 0.15) is 24.3 Å². The summed E-state index contributed by atoms with van der Waals surface area (Å²) in [6.07, 6.45) is 1.53. The first kappa shape index (κ1) is 16.0. The largest absolute Gasteiger partial charge is 0.497 e. The molecule has 1 saturated heterocycles. The average molecular weight is 320 g/mol. The average Bonchev–Trinajstić information content (AvgIpc) is 2.88. The minimum Gasteiger partial charge on any atom is -0.497 e. The molecule has 23 heavy (non-hydrogen) atoms. The van der Waals surface area contributed by atoms with Crippen LogP contribution in [0.15, 0.2) is 22.6 Å². The molecule has 0 aliphatic carbocycles. The molecule has 0 bridgehead atoms. The van der Waals surface area contributed by atoms with E-state index >= 15 is 0 Å². The Balaban J connectivity index is 1.80. The van der Waals surface area contributed by atoms with Gasteiger partial charge in [-0.3, -0.25) is 4.90 Å². The number of aliphatic hydroxyl groups is 1. The van der Waals surface area contributed by atoms with Crippen LogP contribution >= 0.6 is 0 Å². The van der Waals surface area contributed by atoms with Gasteiger partial charge in [-0.1, -0.05) is 0 Å². The summed E-state index contributed by atoms with van der Waals surface area (Å²) < 4.78 is 24.8. The lowest BCUT2D eigenvalue weighted by Crippen LogP contribution is -2.37. The highest BCUT2D eigenvalue weighted by Crippen LogP contribution is 2.28. The number of halogens is 1. The van der Waals surface area contributed by atoms with Crippen LogP contribution in [0.4, 0.5) is 4.39 Å². The monoisotopic (exact) mass is 320 g/mol. The van der Waals surface area contributed by atoms with E-state index in [1.165, 1.54) is 13.2 Å². The van der Waals surface area contributed by atoms with E-state index in [4.69, 9.17) is 9.15 Å². The van der Waals surface area contributed by atoms with Crippen LogP contribution in [0.25, 0.3) is 11.5 Å². The summed E-state index contributed by atoms with van der Waals surface area (Å²) in [4.78, 5) is 6.59. The number of likely N-dealkylation sites (tertiary alicyclic amines) is 1. The smallest absolute Gasteiger partial charge is 0.229 e. The molecule has 2 heterocycles. The summed E-state index contributed by atoms with van der Waals surface area (Å²) in [5.41, 5.74) is 1.10. The van der Waals surface area contributed by atoms with Gasteiger partial charge in [0.2, 0.25) is 5.89 Å². The van der Waals surface area contributed by atoms with Crippen LogP contribution in [0, 0.1) is 12.7 Å². The molecule has 1 aliphatic heterocycles. The van der Waals surface area contributed by atoms with Crippen molar-refractivity contribution in [2.45, 2.75) is 32.4 Å². The molecular formula is C17H21FN2O3. The first-order chi connectivity index (χ1) is 11.1. The van der Waals surface area contributed by atoms with Crippen molar-refractivity contribution in [3.8, 4) is 17.2 Å². The van der Waals surface area contributed by atoms with E-state index in [1.54, 1.807) is 12.1 Å². The molecule has 124 valence electrons. The number of hydrogen-bond donors (Lipinski definition) is 1. The second kappa shape index (κ2) is 6.68. The number of piperidine rings is 1. The lowest BCUT2D eigenvalue weighted by Gasteiger charge is -2.29. The Hall–Kier alpha value is -1.92. The molecule has 1 aromatic heterocycles. The first-order valence-electron chi connectivity index (χ1n) is 7.77. The first-order valence-corrected chi connectivity index (χ1v) is 7.77. The van der Waals surface area contributed by atoms with Gasteiger partial charge in [-0.2, -0.15) is 0 Å². The zero-order chi connectivity index (χ0) is 16.4. The summed E-state index contributed by atoms with van der Waals surface area (Å²) in [7, 11) is 1.49. The van der Waals surface area contributed by atoms with E-state index < -0.39 is 5.82 Å². The number of aromatic nitrogens is 1. The number of β-amino-alcohol motifs (C(OH)–C–C–N with tert-alkyl or cyclic N) is 1. The Morgan fingerprint density at radius 2 is 2.30 bits per heavy atom. The molecule has 0 saturated carbocycles. The lowest BCUT2D eigenvalue weighted by atomic mass is 10.1. The number of ether oxygens (including phenoxy) is 1. The van der Waals surface area contributed by atoms with Crippen LogP contribution in [-0.4, -0.2) is 41.3 Å². The Bertz CT molecular complexity index is 686. The number of hydrogen-bond acceptors (Lipinski definition) is 5. The number of nitrogens with zero attached hydrogens (tertiary/aromatic N) is 2. The fourth-order valence-corrected chi connectivity index (χ4v) is 2.87. The van der Waals surface area contributed by atoms with Crippen LogP contribution in [0.3, 0.4) is 0 Å². The molecule has 2 aromatic rings. The number of benzene rings is 1. The highest BCUT2D eigenvalue weighted by Gasteiger charge is 2.21. The molecule has 1 N–H and O–H groups in total. The van der Waals surface area contributed by atoms with Crippen molar-refractivity contribution in [2.24, 2.45) is 0 Å². The number of aliphatic hydroxyl groups excluding tert-OH is 1. The van der Waals surface area contributed by atoms with Crippen molar-refractivity contribution in [1.29, 1.82) is 0 Å². The molecule has 0 radical (unpaired) electrons. The van der Waals surface area contributed by atoms with E-state index in [1.807, 2.05) is 6.92 Å². The van der Waals surface area contributed by atoms with E-state index in [0.29, 0.717) is 30.2 Å². The van der Waals surface area contributed by atoms with Crippen molar-refractivity contribution < 1.29 is 18.7 Å². The Morgan fingerprint density at radius 1 is 1.48 bits per heavy atom. The van der Waals surface area contributed by atoms with Crippen molar-refractivity contribution in [1.82, 2.24) is 9.88 Å². The van der Waals surface area contributed by atoms with Crippen LogP contribution in [0.2, 0.25) is 0 Å². The fraction of sp³-hybridized carbons (Fsp3) is 0.471. The quantitative estimate of drug-likeness (QED) is 0.939. The third-order valence-corrected chi connectivity index (χ3v) is 4.15. The second-order valence-corrected chi connectivity index (χ2v) is 5.90. The SMILES string of the molecule is COc1ccc(-c2nc(CN3CCC[C@H](O)C3)c(C)o2)c(F)c1. The van der Waals surface area contributed by atoms with Gasteiger partial charge < -0.3 is 14.3 Å². The number of oxazole rings is 1. The van der Waals surface area contributed by atoms with Gasteiger partial charge in [-0.25, -0.2) is 9.37 Å². The third-order valence-electron chi connectivity index (χ3n) is 4.15. The molecule has 1 aliphatic rings. The number of aryl methyl sites for hydroxylation is 1. The summed E-state index contributed by atoms with van der Waals surface area (Å²) in [5.74, 6) is 0.980. The molecule has 0 spiro atoms. The van der Waals surface area contributed by atoms with Crippen molar-refractivity contribution in [3.05, 3.63) is 35.5 Å². The lowest BCUT2D eigenvalue weighted by molar-refractivity contribution is 0.0660. The molecule has 5 nitrogen and oxygen atoms in total. The van der Waals surface area contributed by atoms with Crippen molar-refractivity contribution >= 4 is 0 Å². The maximum absolute atomic E-state index is 14.2. The maximum Gasteiger partial charge on any atom is 0.229 e. The highest BCUT2D eigenvalue weighted by atomic mass is 19.1. The van der Waals surface area contributed by atoms with Gasteiger partial charge in [-0.05, 0) is 38.4 Å². The van der Waals surface area contributed by atoms with Gasteiger partial charge in [-0.15, -0.1) is 0 Å². The topological polar surface area (TPSA) is 58.7 Å². The minimum absolute atomic E-state index is 0.273. The normalized spacial score (nSPS) is 19.0. The molecule has 1 fully saturated rings. The van der Waals surface area contributed by atoms with Crippen LogP contribution in [-0.2, 0) is 6.54 Å². The van der Waals surface area contributed by atoms with Crippen LogP contribution in [0.5, 0.6) is 5.75 Å². The van der Waals surface area contributed by atoms with Gasteiger partial charge in [0, 0.05) is 19.2 Å². The molecule has 1 aromatic carbocycles. The predicted octanol–water partition coefficient (Wildman–Crippen LogP) is 2.75. The van der Waals surface area contributed by atoms with E-state index in [2.05, 4.69) is 9.88 Å².